The summed E-state index contributed by atoms with van der Waals surface area (Å²) in [7, 11) is 3.12. The molecule has 158 valence electrons. The zero-order chi connectivity index (χ0) is 21.8. The zero-order valence-corrected chi connectivity index (χ0v) is 17.0. The van der Waals surface area contributed by atoms with Crippen molar-refractivity contribution in [2.45, 2.75) is 19.9 Å². The van der Waals surface area contributed by atoms with Gasteiger partial charge in [0.2, 0.25) is 0 Å². The van der Waals surface area contributed by atoms with Crippen LogP contribution < -0.4 is 9.47 Å². The van der Waals surface area contributed by atoms with Gasteiger partial charge < -0.3 is 19.1 Å². The van der Waals surface area contributed by atoms with E-state index in [0.717, 1.165) is 17.2 Å². The van der Waals surface area contributed by atoms with Crippen LogP contribution in [-0.2, 0) is 22.5 Å². The third kappa shape index (κ3) is 4.35. The molecule has 1 amide bonds. The lowest BCUT2D eigenvalue weighted by Gasteiger charge is -2.29. The van der Waals surface area contributed by atoms with Gasteiger partial charge in [-0.2, -0.15) is 0 Å². The highest BCUT2D eigenvalue weighted by Gasteiger charge is 2.24. The smallest absolute Gasteiger partial charge is 0.338 e. The van der Waals surface area contributed by atoms with Crippen molar-refractivity contribution < 1.29 is 28.7 Å². The lowest BCUT2D eigenvalue weighted by Crippen LogP contribution is -2.38. The highest BCUT2D eigenvalue weighted by atomic mass is 16.6. The number of amides is 1. The van der Waals surface area contributed by atoms with Gasteiger partial charge in [-0.3, -0.25) is 14.9 Å². The van der Waals surface area contributed by atoms with Crippen molar-refractivity contribution in [3.63, 3.8) is 0 Å². The van der Waals surface area contributed by atoms with E-state index < -0.39 is 17.5 Å². The van der Waals surface area contributed by atoms with E-state index in [1.807, 2.05) is 12.1 Å². The summed E-state index contributed by atoms with van der Waals surface area (Å²) < 4.78 is 15.7. The fourth-order valence-electron chi connectivity index (χ4n) is 3.33. The summed E-state index contributed by atoms with van der Waals surface area (Å²) >= 11 is 0. The molecule has 0 spiro atoms. The maximum atomic E-state index is 12.5. The number of ether oxygens (including phenoxy) is 3. The van der Waals surface area contributed by atoms with Gasteiger partial charge in [0.15, 0.2) is 18.1 Å². The van der Waals surface area contributed by atoms with Gasteiger partial charge in [0.25, 0.3) is 11.6 Å². The lowest BCUT2D eigenvalue weighted by atomic mass is 9.99. The van der Waals surface area contributed by atoms with E-state index >= 15 is 0 Å². The Balaban J connectivity index is 1.64. The van der Waals surface area contributed by atoms with Crippen LogP contribution in [0.5, 0.6) is 11.5 Å². The molecule has 0 aliphatic carbocycles. The maximum absolute atomic E-state index is 12.5. The number of fused-ring (bicyclic) bond motifs is 1. The van der Waals surface area contributed by atoms with Gasteiger partial charge in [-0.05, 0) is 42.7 Å². The predicted molar refractivity (Wildman–Crippen MR) is 107 cm³/mol. The van der Waals surface area contributed by atoms with Gasteiger partial charge in [-0.15, -0.1) is 0 Å². The number of nitro groups is 1. The first kappa shape index (κ1) is 21.1. The van der Waals surface area contributed by atoms with Crippen LogP contribution in [-0.4, -0.2) is 49.1 Å². The molecule has 1 heterocycles. The summed E-state index contributed by atoms with van der Waals surface area (Å²) in [4.78, 5) is 36.8. The Morgan fingerprint density at radius 2 is 1.77 bits per heavy atom. The van der Waals surface area contributed by atoms with E-state index in [1.165, 1.54) is 12.1 Å². The first-order valence-electron chi connectivity index (χ1n) is 9.27. The van der Waals surface area contributed by atoms with Crippen LogP contribution in [0.3, 0.4) is 0 Å². The Morgan fingerprint density at radius 1 is 1.10 bits per heavy atom. The molecule has 30 heavy (non-hydrogen) atoms. The number of carbonyl (C=O) groups is 2. The molecule has 0 aromatic heterocycles. The first-order valence-corrected chi connectivity index (χ1v) is 9.27. The van der Waals surface area contributed by atoms with Crippen molar-refractivity contribution in [1.82, 2.24) is 4.90 Å². The molecule has 0 N–H and O–H groups in total. The molecular weight excluding hydrogens is 392 g/mol. The quantitative estimate of drug-likeness (QED) is 0.406. The van der Waals surface area contributed by atoms with Gasteiger partial charge in [-0.25, -0.2) is 4.79 Å². The Hall–Kier alpha value is -3.62. The van der Waals surface area contributed by atoms with E-state index in [2.05, 4.69) is 0 Å². The number of benzene rings is 2. The number of carbonyl (C=O) groups excluding carboxylic acids is 2. The van der Waals surface area contributed by atoms with E-state index in [0.29, 0.717) is 36.6 Å². The van der Waals surface area contributed by atoms with E-state index in [4.69, 9.17) is 14.2 Å². The van der Waals surface area contributed by atoms with Crippen LogP contribution >= 0.6 is 0 Å². The molecule has 1 aliphatic rings. The summed E-state index contributed by atoms with van der Waals surface area (Å²) in [5.41, 5.74) is 2.30. The van der Waals surface area contributed by atoms with Crippen LogP contribution in [0.1, 0.15) is 27.0 Å². The van der Waals surface area contributed by atoms with E-state index in [-0.39, 0.29) is 17.2 Å². The molecule has 2 aromatic rings. The Morgan fingerprint density at radius 3 is 2.40 bits per heavy atom. The van der Waals surface area contributed by atoms with Gasteiger partial charge in [0.05, 0.1) is 24.7 Å². The highest BCUT2D eigenvalue weighted by Crippen LogP contribution is 2.33. The molecule has 0 unspecified atom stereocenters. The van der Waals surface area contributed by atoms with Crippen LogP contribution in [0, 0.1) is 17.0 Å². The van der Waals surface area contributed by atoms with Gasteiger partial charge in [0, 0.05) is 24.7 Å². The Labute approximate surface area is 173 Å². The fourth-order valence-corrected chi connectivity index (χ4v) is 3.33. The lowest BCUT2D eigenvalue weighted by molar-refractivity contribution is -0.385. The topological polar surface area (TPSA) is 108 Å². The number of aryl methyl sites for hydroxylation is 1. The van der Waals surface area contributed by atoms with Crippen LogP contribution in [0.2, 0.25) is 0 Å². The summed E-state index contributed by atoms with van der Waals surface area (Å²) in [6.45, 7) is 1.98. The minimum Gasteiger partial charge on any atom is -0.493 e. The molecule has 9 nitrogen and oxygen atoms in total. The molecule has 0 saturated heterocycles. The molecule has 2 aromatic carbocycles. The molecule has 3 rings (SSSR count). The van der Waals surface area contributed by atoms with Crippen LogP contribution in [0.15, 0.2) is 30.3 Å². The number of rotatable bonds is 6. The molecule has 9 heteroatoms. The monoisotopic (exact) mass is 414 g/mol. The van der Waals surface area contributed by atoms with Crippen LogP contribution in [0.25, 0.3) is 0 Å². The summed E-state index contributed by atoms with van der Waals surface area (Å²) in [6.07, 6.45) is 0.638. The minimum absolute atomic E-state index is 0.0286. The van der Waals surface area contributed by atoms with Gasteiger partial charge >= 0.3 is 5.97 Å². The third-order valence-corrected chi connectivity index (χ3v) is 5.04. The highest BCUT2D eigenvalue weighted by molar-refractivity contribution is 5.92. The summed E-state index contributed by atoms with van der Waals surface area (Å²) in [5, 5.41) is 11.0. The normalized spacial score (nSPS) is 12.7. The Bertz CT molecular complexity index is 1000. The second-order valence-corrected chi connectivity index (χ2v) is 6.88. The van der Waals surface area contributed by atoms with Crippen molar-refractivity contribution in [1.29, 1.82) is 0 Å². The average molecular weight is 414 g/mol. The fraction of sp³-hybridized carbons (Fsp3) is 0.333. The number of hydrogen-bond acceptors (Lipinski definition) is 7. The zero-order valence-electron chi connectivity index (χ0n) is 17.0. The van der Waals surface area contributed by atoms with Crippen molar-refractivity contribution in [2.75, 3.05) is 27.4 Å². The predicted octanol–water partition coefficient (Wildman–Crippen LogP) is 2.66. The Kier molecular flexibility index (Phi) is 6.20. The molecule has 0 bridgehead atoms. The first-order chi connectivity index (χ1) is 14.3. The second-order valence-electron chi connectivity index (χ2n) is 6.88. The second kappa shape index (κ2) is 8.81. The van der Waals surface area contributed by atoms with Crippen LogP contribution in [0.4, 0.5) is 5.69 Å². The largest absolute Gasteiger partial charge is 0.493 e. The number of esters is 1. The average Bonchev–Trinajstić information content (AvgIpc) is 2.75. The summed E-state index contributed by atoms with van der Waals surface area (Å²) in [6, 6.07) is 7.80. The molecule has 0 fully saturated rings. The number of nitro benzene ring substituents is 1. The maximum Gasteiger partial charge on any atom is 0.338 e. The third-order valence-electron chi connectivity index (χ3n) is 5.04. The molecule has 0 radical (unpaired) electrons. The number of nitrogens with zero attached hydrogens (tertiary/aromatic N) is 2. The number of hydrogen-bond donors (Lipinski definition) is 0. The van der Waals surface area contributed by atoms with E-state index in [9.17, 15) is 19.7 Å². The van der Waals surface area contributed by atoms with Crippen molar-refractivity contribution in [3.05, 3.63) is 62.7 Å². The van der Waals surface area contributed by atoms with E-state index in [1.54, 1.807) is 26.0 Å². The molecular formula is C21H22N2O7. The summed E-state index contributed by atoms with van der Waals surface area (Å²) in [5.74, 6) is 0.0933. The molecule has 1 aliphatic heterocycles. The van der Waals surface area contributed by atoms with Gasteiger partial charge in [0.1, 0.15) is 0 Å². The minimum atomic E-state index is -0.782. The standard InChI is InChI=1S/C21H22N2O7/c1-13-4-5-15(8-17(13)23(26)27)21(25)30-12-20(24)22-7-6-14-9-18(28-2)19(29-3)10-16(14)11-22/h4-5,8-10H,6-7,11-12H2,1-3H3. The van der Waals surface area contributed by atoms with Crippen molar-refractivity contribution in [3.8, 4) is 11.5 Å². The van der Waals surface area contributed by atoms with Crippen molar-refractivity contribution in [2.24, 2.45) is 0 Å². The SMILES string of the molecule is COc1cc2c(cc1OC)CN(C(=O)COC(=O)c1ccc(C)c([N+](=O)[O-])c1)CC2. The molecule has 0 atom stereocenters. The number of methoxy groups -OCH3 is 2. The van der Waals surface area contributed by atoms with Crippen molar-refractivity contribution >= 4 is 17.6 Å². The van der Waals surface area contributed by atoms with Gasteiger partial charge in [-0.1, -0.05) is 6.07 Å². The molecule has 0 saturated carbocycles.